The van der Waals surface area contributed by atoms with Gasteiger partial charge < -0.3 is 14.8 Å². The number of hydrogen-bond donors (Lipinski definition) is 1. The molecule has 128 valence electrons. The predicted octanol–water partition coefficient (Wildman–Crippen LogP) is 1.65. The Hall–Kier alpha value is -1.27. The maximum Gasteiger partial charge on any atom is 0.302 e. The Balaban J connectivity index is 4.03. The third-order valence-corrected chi connectivity index (χ3v) is 3.53. The molecular formula is C16H29NO5. The van der Waals surface area contributed by atoms with Crippen LogP contribution in [-0.2, 0) is 23.9 Å². The quantitative estimate of drug-likeness (QED) is 0.461. The molecule has 0 radical (unpaired) electrons. The third-order valence-electron chi connectivity index (χ3n) is 3.53. The number of carbonyl (C=O) groups is 3. The molecular weight excluding hydrogens is 286 g/mol. The number of nitrogens with one attached hydrogen (secondary N) is 1. The van der Waals surface area contributed by atoms with Crippen molar-refractivity contribution < 1.29 is 23.9 Å². The van der Waals surface area contributed by atoms with E-state index in [0.717, 1.165) is 0 Å². The number of hydrogen-bond acceptors (Lipinski definition) is 6. The zero-order valence-electron chi connectivity index (χ0n) is 14.6. The minimum Gasteiger partial charge on any atom is -0.465 e. The van der Waals surface area contributed by atoms with Crippen molar-refractivity contribution in [3.05, 3.63) is 0 Å². The molecule has 0 unspecified atom stereocenters. The van der Waals surface area contributed by atoms with E-state index in [-0.39, 0.29) is 24.1 Å². The van der Waals surface area contributed by atoms with E-state index in [4.69, 9.17) is 9.47 Å². The van der Waals surface area contributed by atoms with Gasteiger partial charge in [-0.25, -0.2) is 0 Å². The molecule has 0 spiro atoms. The van der Waals surface area contributed by atoms with Gasteiger partial charge in [0.2, 0.25) is 0 Å². The standard InChI is InChI=1S/C16H29NO5/c1-12(18)16(5,6)22-10-7-8-14(20)15(3,4)17-9-11-21-13(2)19/h17H,7-11H2,1-6H3. The van der Waals surface area contributed by atoms with Crippen molar-refractivity contribution in [2.45, 2.75) is 65.5 Å². The van der Waals surface area contributed by atoms with Gasteiger partial charge >= 0.3 is 5.97 Å². The summed E-state index contributed by atoms with van der Waals surface area (Å²) < 4.78 is 10.3. The molecule has 1 N–H and O–H groups in total. The van der Waals surface area contributed by atoms with Crippen LogP contribution in [0.5, 0.6) is 0 Å². The highest BCUT2D eigenvalue weighted by molar-refractivity contribution is 5.87. The molecule has 0 atom stereocenters. The molecule has 0 bridgehead atoms. The van der Waals surface area contributed by atoms with E-state index in [1.54, 1.807) is 27.7 Å². The predicted molar refractivity (Wildman–Crippen MR) is 83.7 cm³/mol. The molecule has 0 aromatic heterocycles. The van der Waals surface area contributed by atoms with Gasteiger partial charge in [0.15, 0.2) is 11.6 Å². The summed E-state index contributed by atoms with van der Waals surface area (Å²) in [6.07, 6.45) is 0.923. The molecule has 6 heteroatoms. The highest BCUT2D eigenvalue weighted by atomic mass is 16.5. The first kappa shape index (κ1) is 20.7. The molecule has 0 aromatic carbocycles. The fraction of sp³-hybridized carbons (Fsp3) is 0.812. The van der Waals surface area contributed by atoms with Gasteiger partial charge in [-0.3, -0.25) is 14.4 Å². The van der Waals surface area contributed by atoms with Crippen LogP contribution in [0.2, 0.25) is 0 Å². The zero-order chi connectivity index (χ0) is 17.4. The first-order chi connectivity index (χ1) is 9.99. The third kappa shape index (κ3) is 8.24. The van der Waals surface area contributed by atoms with E-state index in [2.05, 4.69) is 5.32 Å². The van der Waals surface area contributed by atoms with Gasteiger partial charge in [0, 0.05) is 26.5 Å². The lowest BCUT2D eigenvalue weighted by atomic mass is 9.95. The number of Topliss-reactive ketones (excluding diaryl/α,β-unsaturated/α-hetero) is 2. The Morgan fingerprint density at radius 2 is 1.59 bits per heavy atom. The summed E-state index contributed by atoms with van der Waals surface area (Å²) in [5, 5.41) is 3.07. The van der Waals surface area contributed by atoms with Gasteiger partial charge in [-0.2, -0.15) is 0 Å². The maximum atomic E-state index is 12.2. The number of ketones is 2. The van der Waals surface area contributed by atoms with Crippen molar-refractivity contribution in [2.75, 3.05) is 19.8 Å². The van der Waals surface area contributed by atoms with E-state index < -0.39 is 11.1 Å². The molecule has 22 heavy (non-hydrogen) atoms. The molecule has 0 amide bonds. The van der Waals surface area contributed by atoms with Crippen LogP contribution in [-0.4, -0.2) is 48.4 Å². The van der Waals surface area contributed by atoms with Crippen LogP contribution in [0.15, 0.2) is 0 Å². The van der Waals surface area contributed by atoms with Crippen molar-refractivity contribution in [3.63, 3.8) is 0 Å². The smallest absolute Gasteiger partial charge is 0.302 e. The normalized spacial score (nSPS) is 12.1. The SMILES string of the molecule is CC(=O)OCCNC(C)(C)C(=O)CCCOC(C)(C)C(C)=O. The van der Waals surface area contributed by atoms with Crippen LogP contribution in [0.4, 0.5) is 0 Å². The lowest BCUT2D eigenvalue weighted by molar-refractivity contribution is -0.140. The van der Waals surface area contributed by atoms with Crippen LogP contribution < -0.4 is 5.32 Å². The number of ether oxygens (including phenoxy) is 2. The van der Waals surface area contributed by atoms with E-state index in [1.165, 1.54) is 13.8 Å². The summed E-state index contributed by atoms with van der Waals surface area (Å²) in [4.78, 5) is 34.1. The van der Waals surface area contributed by atoms with Gasteiger partial charge in [-0.1, -0.05) is 0 Å². The molecule has 0 rings (SSSR count). The monoisotopic (exact) mass is 315 g/mol. The van der Waals surface area contributed by atoms with E-state index in [1.807, 2.05) is 0 Å². The van der Waals surface area contributed by atoms with E-state index in [9.17, 15) is 14.4 Å². The van der Waals surface area contributed by atoms with Gasteiger partial charge in [0.05, 0.1) is 5.54 Å². The van der Waals surface area contributed by atoms with Gasteiger partial charge in [-0.05, 0) is 41.0 Å². The molecule has 0 aliphatic rings. The average Bonchev–Trinajstić information content (AvgIpc) is 2.39. The molecule has 0 aliphatic heterocycles. The number of rotatable bonds is 11. The Morgan fingerprint density at radius 3 is 2.09 bits per heavy atom. The Morgan fingerprint density at radius 1 is 1.00 bits per heavy atom. The molecule has 0 saturated heterocycles. The van der Waals surface area contributed by atoms with Gasteiger partial charge in [-0.15, -0.1) is 0 Å². The van der Waals surface area contributed by atoms with Crippen LogP contribution >= 0.6 is 0 Å². The van der Waals surface area contributed by atoms with Crippen molar-refractivity contribution >= 4 is 17.5 Å². The number of carbonyl (C=O) groups excluding carboxylic acids is 3. The summed E-state index contributed by atoms with van der Waals surface area (Å²) in [5.41, 5.74) is -1.49. The van der Waals surface area contributed by atoms with E-state index in [0.29, 0.717) is 26.0 Å². The summed E-state index contributed by atoms with van der Waals surface area (Å²) in [5.74, 6) is -0.318. The highest BCUT2D eigenvalue weighted by Gasteiger charge is 2.27. The topological polar surface area (TPSA) is 81.7 Å². The van der Waals surface area contributed by atoms with Crippen LogP contribution in [0.1, 0.15) is 54.4 Å². The van der Waals surface area contributed by atoms with Gasteiger partial charge in [0.1, 0.15) is 12.2 Å². The molecule has 0 fully saturated rings. The second kappa shape index (κ2) is 9.00. The second-order valence-electron chi connectivity index (χ2n) is 6.33. The Kier molecular flexibility index (Phi) is 8.48. The molecule has 0 heterocycles. The molecule has 6 nitrogen and oxygen atoms in total. The van der Waals surface area contributed by atoms with Crippen molar-refractivity contribution in [1.82, 2.24) is 5.32 Å². The Labute approximate surface area is 132 Å². The summed E-state index contributed by atoms with van der Waals surface area (Å²) in [7, 11) is 0. The van der Waals surface area contributed by atoms with Crippen molar-refractivity contribution in [3.8, 4) is 0 Å². The first-order valence-electron chi connectivity index (χ1n) is 7.56. The fourth-order valence-corrected chi connectivity index (χ4v) is 1.63. The minimum atomic E-state index is -0.805. The summed E-state index contributed by atoms with van der Waals surface area (Å²) in [6.45, 7) is 10.9. The maximum absolute atomic E-state index is 12.2. The summed E-state index contributed by atoms with van der Waals surface area (Å²) >= 11 is 0. The highest BCUT2D eigenvalue weighted by Crippen LogP contribution is 2.13. The zero-order valence-corrected chi connectivity index (χ0v) is 14.6. The van der Waals surface area contributed by atoms with Crippen LogP contribution in [0, 0.1) is 0 Å². The fourth-order valence-electron chi connectivity index (χ4n) is 1.63. The lowest BCUT2D eigenvalue weighted by Crippen LogP contribution is -2.48. The number of esters is 1. The lowest BCUT2D eigenvalue weighted by Gasteiger charge is -2.25. The largest absolute Gasteiger partial charge is 0.465 e. The van der Waals surface area contributed by atoms with Crippen LogP contribution in [0.25, 0.3) is 0 Å². The second-order valence-corrected chi connectivity index (χ2v) is 6.33. The average molecular weight is 315 g/mol. The van der Waals surface area contributed by atoms with Crippen molar-refractivity contribution in [2.24, 2.45) is 0 Å². The van der Waals surface area contributed by atoms with Crippen LogP contribution in [0.3, 0.4) is 0 Å². The molecule has 0 aliphatic carbocycles. The van der Waals surface area contributed by atoms with E-state index >= 15 is 0 Å². The Bertz CT molecular complexity index is 401. The van der Waals surface area contributed by atoms with Gasteiger partial charge in [0.25, 0.3) is 0 Å². The summed E-state index contributed by atoms with van der Waals surface area (Å²) in [6, 6.07) is 0. The molecule has 0 saturated carbocycles. The minimum absolute atomic E-state index is 0.0358. The van der Waals surface area contributed by atoms with Crippen molar-refractivity contribution in [1.29, 1.82) is 0 Å². The first-order valence-corrected chi connectivity index (χ1v) is 7.56. The molecule has 0 aromatic rings.